The number of hydrogen-bond donors (Lipinski definition) is 0. The van der Waals surface area contributed by atoms with E-state index in [2.05, 4.69) is 217 Å². The fourth-order valence-electron chi connectivity index (χ4n) is 10.6. The number of hydrogen-bond acceptors (Lipinski definition) is 1. The van der Waals surface area contributed by atoms with Crippen LogP contribution in [0, 0.1) is 0 Å². The van der Waals surface area contributed by atoms with Crippen LogP contribution in [-0.4, -0.2) is 9.13 Å². The summed E-state index contributed by atoms with van der Waals surface area (Å²) in [5, 5.41) is 7.65. The van der Waals surface area contributed by atoms with Gasteiger partial charge in [0.05, 0.1) is 22.1 Å². The lowest BCUT2D eigenvalue weighted by molar-refractivity contribution is 0.660. The summed E-state index contributed by atoms with van der Waals surface area (Å²) in [5.41, 5.74) is 17.6. The predicted octanol–water partition coefficient (Wildman–Crippen LogP) is 15.9. The lowest BCUT2D eigenvalue weighted by Gasteiger charge is -2.22. The fraction of sp³-hybridized carbons (Fsp3) is 0.0526. The molecule has 0 atom stereocenters. The molecule has 0 saturated carbocycles. The van der Waals surface area contributed by atoms with Gasteiger partial charge < -0.3 is 9.13 Å². The Morgan fingerprint density at radius 2 is 0.917 bits per heavy atom. The number of aromatic nitrogens is 2. The van der Waals surface area contributed by atoms with E-state index in [0.29, 0.717) is 0 Å². The molecule has 3 heteroatoms. The van der Waals surface area contributed by atoms with Gasteiger partial charge in [0, 0.05) is 64.1 Å². The van der Waals surface area contributed by atoms with Crippen molar-refractivity contribution in [3.63, 3.8) is 0 Å². The van der Waals surface area contributed by atoms with Crippen LogP contribution < -0.4 is 0 Å². The molecule has 0 saturated heterocycles. The Kier molecular flexibility index (Phi) is 6.98. The molecule has 1 aliphatic rings. The number of fused-ring (bicyclic) bond motifs is 12. The van der Waals surface area contributed by atoms with Crippen LogP contribution >= 0.6 is 11.3 Å². The van der Waals surface area contributed by atoms with E-state index in [-0.39, 0.29) is 5.41 Å². The Morgan fingerprint density at radius 3 is 1.63 bits per heavy atom. The molecule has 282 valence electrons. The first-order valence-corrected chi connectivity index (χ1v) is 21.7. The highest BCUT2D eigenvalue weighted by molar-refractivity contribution is 7.26. The highest BCUT2D eigenvalue weighted by Crippen LogP contribution is 2.51. The zero-order chi connectivity index (χ0) is 39.7. The van der Waals surface area contributed by atoms with Gasteiger partial charge in [-0.25, -0.2) is 0 Å². The first-order chi connectivity index (χ1) is 29.5. The SMILES string of the molecule is CC1(C)c2ccccc2-c2ccc(-c3cc(-n4c5ccccc5c5c(-c6cccc7c6c6ccccc6n7-c6ccccc6)cccc54)cc4c3sc3ccccc34)cc21. The summed E-state index contributed by atoms with van der Waals surface area (Å²) in [6, 6.07) is 72.3. The van der Waals surface area contributed by atoms with Gasteiger partial charge >= 0.3 is 0 Å². The van der Waals surface area contributed by atoms with Crippen molar-refractivity contribution < 1.29 is 0 Å². The molecule has 3 aromatic heterocycles. The number of rotatable bonds is 4. The molecule has 9 aromatic carbocycles. The maximum absolute atomic E-state index is 2.52. The van der Waals surface area contributed by atoms with Crippen LogP contribution in [0.3, 0.4) is 0 Å². The molecule has 1 aliphatic carbocycles. The first kappa shape index (κ1) is 33.7. The van der Waals surface area contributed by atoms with Gasteiger partial charge in [-0.05, 0) is 99.6 Å². The van der Waals surface area contributed by atoms with Gasteiger partial charge in [0.15, 0.2) is 0 Å². The maximum Gasteiger partial charge on any atom is 0.0547 e. The summed E-state index contributed by atoms with van der Waals surface area (Å²) in [6.45, 7) is 4.75. The minimum absolute atomic E-state index is 0.0850. The maximum atomic E-state index is 2.52. The largest absolute Gasteiger partial charge is 0.309 e. The van der Waals surface area contributed by atoms with Gasteiger partial charge in [-0.15, -0.1) is 11.3 Å². The van der Waals surface area contributed by atoms with Crippen LogP contribution in [0.2, 0.25) is 0 Å². The van der Waals surface area contributed by atoms with Crippen LogP contribution in [-0.2, 0) is 5.41 Å². The minimum Gasteiger partial charge on any atom is -0.309 e. The van der Waals surface area contributed by atoms with Gasteiger partial charge in [0.2, 0.25) is 0 Å². The smallest absolute Gasteiger partial charge is 0.0547 e. The summed E-state index contributed by atoms with van der Waals surface area (Å²) in [5.74, 6) is 0. The second-order valence-electron chi connectivity index (χ2n) is 16.8. The standard InChI is InChI=1S/C57H38N2S/c1-57(2)47-24-10-6-18-38(47)39-31-30-35(32-48(39)57)45-33-37(34-46-40-19-9-13-29-53(40)60-56(45)46)59-50-26-12-8-21-44(50)55-42(23-15-28-52(55)59)41-22-14-27-51-54(41)43-20-7-11-25-49(43)58(51)36-16-4-3-5-17-36/h3-34H,1-2H3. The molecule has 0 amide bonds. The number of benzene rings is 9. The normalized spacial score (nSPS) is 13.3. The van der Waals surface area contributed by atoms with Crippen molar-refractivity contribution in [3.8, 4) is 44.8 Å². The average molecular weight is 783 g/mol. The Morgan fingerprint density at radius 1 is 0.367 bits per heavy atom. The van der Waals surface area contributed by atoms with Crippen LogP contribution in [0.4, 0.5) is 0 Å². The summed E-state index contributed by atoms with van der Waals surface area (Å²) in [7, 11) is 0. The van der Waals surface area contributed by atoms with E-state index in [4.69, 9.17) is 0 Å². The average Bonchev–Trinajstić information content (AvgIpc) is 4.01. The van der Waals surface area contributed by atoms with E-state index < -0.39 is 0 Å². The Bertz CT molecular complexity index is 3740. The number of para-hydroxylation sites is 3. The molecular weight excluding hydrogens is 745 g/mol. The van der Waals surface area contributed by atoms with Crippen LogP contribution in [0.25, 0.3) is 109 Å². The fourth-order valence-corrected chi connectivity index (χ4v) is 11.9. The van der Waals surface area contributed by atoms with Gasteiger partial charge in [0.1, 0.15) is 0 Å². The molecule has 0 bridgehead atoms. The monoisotopic (exact) mass is 782 g/mol. The van der Waals surface area contributed by atoms with Crippen LogP contribution in [0.15, 0.2) is 194 Å². The topological polar surface area (TPSA) is 9.86 Å². The van der Waals surface area contributed by atoms with Gasteiger partial charge in [-0.2, -0.15) is 0 Å². The zero-order valence-electron chi connectivity index (χ0n) is 33.3. The molecule has 0 radical (unpaired) electrons. The molecule has 2 nitrogen and oxygen atoms in total. The molecule has 13 rings (SSSR count). The van der Waals surface area contributed by atoms with Gasteiger partial charge in [0.25, 0.3) is 0 Å². The highest BCUT2D eigenvalue weighted by Gasteiger charge is 2.35. The second-order valence-corrected chi connectivity index (χ2v) is 17.9. The molecule has 12 aromatic rings. The summed E-state index contributed by atoms with van der Waals surface area (Å²) in [6.07, 6.45) is 0. The first-order valence-electron chi connectivity index (χ1n) is 20.9. The van der Waals surface area contributed by atoms with E-state index in [0.717, 1.165) is 0 Å². The Hall–Kier alpha value is -7.20. The minimum atomic E-state index is -0.0850. The zero-order valence-corrected chi connectivity index (χ0v) is 34.1. The predicted molar refractivity (Wildman–Crippen MR) is 256 cm³/mol. The molecule has 0 N–H and O–H groups in total. The van der Waals surface area contributed by atoms with Crippen molar-refractivity contribution in [3.05, 3.63) is 205 Å². The summed E-state index contributed by atoms with van der Waals surface area (Å²) >= 11 is 1.91. The Labute approximate surface area is 351 Å². The molecule has 60 heavy (non-hydrogen) atoms. The molecule has 3 heterocycles. The van der Waals surface area contributed by atoms with Gasteiger partial charge in [-0.1, -0.05) is 147 Å². The highest BCUT2D eigenvalue weighted by atomic mass is 32.1. The third-order valence-corrected chi connectivity index (χ3v) is 14.5. The van der Waals surface area contributed by atoms with E-state index in [1.807, 2.05) is 11.3 Å². The lowest BCUT2D eigenvalue weighted by atomic mass is 9.81. The molecule has 0 aliphatic heterocycles. The van der Waals surface area contributed by atoms with E-state index in [1.165, 1.54) is 120 Å². The molecule has 0 fully saturated rings. The number of thiophene rings is 1. The summed E-state index contributed by atoms with van der Waals surface area (Å²) < 4.78 is 7.57. The Balaban J connectivity index is 1.09. The van der Waals surface area contributed by atoms with Crippen molar-refractivity contribution >= 4 is 75.1 Å². The van der Waals surface area contributed by atoms with Crippen molar-refractivity contribution in [1.29, 1.82) is 0 Å². The third-order valence-electron chi connectivity index (χ3n) is 13.3. The second kappa shape index (κ2) is 12.4. The van der Waals surface area contributed by atoms with Crippen molar-refractivity contribution in [2.24, 2.45) is 0 Å². The molecule has 0 spiro atoms. The quantitative estimate of drug-likeness (QED) is 0.168. The van der Waals surface area contributed by atoms with Crippen molar-refractivity contribution in [2.45, 2.75) is 19.3 Å². The lowest BCUT2D eigenvalue weighted by Crippen LogP contribution is -2.14. The molecular formula is C57H38N2S. The van der Waals surface area contributed by atoms with Crippen LogP contribution in [0.1, 0.15) is 25.0 Å². The third kappa shape index (κ3) is 4.58. The van der Waals surface area contributed by atoms with Crippen molar-refractivity contribution in [1.82, 2.24) is 9.13 Å². The van der Waals surface area contributed by atoms with E-state index in [1.54, 1.807) is 0 Å². The molecule has 0 unspecified atom stereocenters. The van der Waals surface area contributed by atoms with E-state index >= 15 is 0 Å². The summed E-state index contributed by atoms with van der Waals surface area (Å²) in [4.78, 5) is 0. The van der Waals surface area contributed by atoms with Gasteiger partial charge in [-0.3, -0.25) is 0 Å². The number of nitrogens with zero attached hydrogens (tertiary/aromatic N) is 2. The van der Waals surface area contributed by atoms with Crippen LogP contribution in [0.5, 0.6) is 0 Å². The van der Waals surface area contributed by atoms with Crippen molar-refractivity contribution in [2.75, 3.05) is 0 Å². The van der Waals surface area contributed by atoms with E-state index in [9.17, 15) is 0 Å².